The summed E-state index contributed by atoms with van der Waals surface area (Å²) in [4.78, 5) is 2.32. The lowest BCUT2D eigenvalue weighted by atomic mass is 9.95. The molecule has 0 fully saturated rings. The van der Waals surface area contributed by atoms with Gasteiger partial charge in [-0.3, -0.25) is 4.68 Å². The molecule has 0 aliphatic heterocycles. The van der Waals surface area contributed by atoms with E-state index in [0.717, 1.165) is 27.2 Å². The van der Waals surface area contributed by atoms with Gasteiger partial charge in [0.25, 0.3) is 0 Å². The molecule has 0 amide bonds. The minimum Gasteiger partial charge on any atom is -0.387 e. The van der Waals surface area contributed by atoms with E-state index >= 15 is 0 Å². The molecular weight excluding hydrogens is 348 g/mol. The summed E-state index contributed by atoms with van der Waals surface area (Å²) in [5.41, 5.74) is 2.22. The molecular formula is C16H23BrN2OS. The van der Waals surface area contributed by atoms with Crippen LogP contribution in [0.1, 0.15) is 54.9 Å². The molecule has 0 saturated carbocycles. The zero-order chi connectivity index (χ0) is 15.8. The Hall–Kier alpha value is -0.650. The van der Waals surface area contributed by atoms with Gasteiger partial charge in [0.1, 0.15) is 0 Å². The molecule has 2 heterocycles. The fraction of sp³-hybridized carbons (Fsp3) is 0.562. The van der Waals surface area contributed by atoms with E-state index in [1.165, 1.54) is 4.88 Å². The van der Waals surface area contributed by atoms with Gasteiger partial charge in [-0.1, -0.05) is 27.7 Å². The van der Waals surface area contributed by atoms with Crippen molar-refractivity contribution in [2.24, 2.45) is 7.05 Å². The van der Waals surface area contributed by atoms with Crippen molar-refractivity contribution < 1.29 is 5.11 Å². The first kappa shape index (κ1) is 16.7. The van der Waals surface area contributed by atoms with Crippen LogP contribution < -0.4 is 0 Å². The number of aliphatic hydroxyl groups is 1. The molecule has 116 valence electrons. The number of hydrogen-bond acceptors (Lipinski definition) is 3. The van der Waals surface area contributed by atoms with E-state index in [1.54, 1.807) is 11.3 Å². The minimum atomic E-state index is -0.484. The second kappa shape index (κ2) is 6.23. The van der Waals surface area contributed by atoms with E-state index < -0.39 is 6.10 Å². The van der Waals surface area contributed by atoms with E-state index in [1.807, 2.05) is 17.8 Å². The summed E-state index contributed by atoms with van der Waals surface area (Å²) < 4.78 is 2.89. The molecule has 1 unspecified atom stereocenters. The normalized spacial score (nSPS) is 13.7. The van der Waals surface area contributed by atoms with Gasteiger partial charge in [-0.25, -0.2) is 0 Å². The third-order valence-electron chi connectivity index (χ3n) is 3.58. The molecule has 2 aromatic heterocycles. The average Bonchev–Trinajstić information content (AvgIpc) is 2.98. The van der Waals surface area contributed by atoms with E-state index in [9.17, 15) is 5.11 Å². The van der Waals surface area contributed by atoms with Crippen LogP contribution in [0.2, 0.25) is 0 Å². The van der Waals surface area contributed by atoms with Gasteiger partial charge in [0.15, 0.2) is 0 Å². The van der Waals surface area contributed by atoms with Crippen molar-refractivity contribution in [3.05, 3.63) is 37.7 Å². The van der Waals surface area contributed by atoms with Crippen LogP contribution >= 0.6 is 27.3 Å². The van der Waals surface area contributed by atoms with E-state index in [-0.39, 0.29) is 5.41 Å². The third-order valence-corrected chi connectivity index (χ3v) is 6.11. The predicted molar refractivity (Wildman–Crippen MR) is 92.0 cm³/mol. The highest BCUT2D eigenvalue weighted by molar-refractivity contribution is 9.10. The molecule has 0 spiro atoms. The number of rotatable bonds is 4. The van der Waals surface area contributed by atoms with Crippen LogP contribution in [0.15, 0.2) is 16.6 Å². The highest BCUT2D eigenvalue weighted by atomic mass is 79.9. The Labute approximate surface area is 139 Å². The highest BCUT2D eigenvalue weighted by Gasteiger charge is 2.21. The van der Waals surface area contributed by atoms with Gasteiger partial charge in [-0.2, -0.15) is 5.10 Å². The molecule has 5 heteroatoms. The molecule has 3 nitrogen and oxygen atoms in total. The highest BCUT2D eigenvalue weighted by Crippen LogP contribution is 2.34. The largest absolute Gasteiger partial charge is 0.387 e. The standard InChI is InChI=1S/C16H23BrN2OS/c1-6-10-15(17)11(19(5)18-10)9-12(20)13-7-8-14(21-13)16(2,3)4/h7-8,12,20H,6,9H2,1-5H3. The van der Waals surface area contributed by atoms with Gasteiger partial charge >= 0.3 is 0 Å². The Morgan fingerprint density at radius 1 is 1.38 bits per heavy atom. The summed E-state index contributed by atoms with van der Waals surface area (Å²) in [6.45, 7) is 8.67. The average molecular weight is 371 g/mol. The van der Waals surface area contributed by atoms with Crippen LogP contribution in [0, 0.1) is 0 Å². The predicted octanol–water partition coefficient (Wildman–Crippen LogP) is 4.38. The molecule has 21 heavy (non-hydrogen) atoms. The summed E-state index contributed by atoms with van der Waals surface area (Å²) in [6.07, 6.45) is 0.980. The van der Waals surface area contributed by atoms with Crippen molar-refractivity contribution in [3.8, 4) is 0 Å². The Bertz CT molecular complexity index is 625. The van der Waals surface area contributed by atoms with Crippen LogP contribution in [0.4, 0.5) is 0 Å². The first-order valence-electron chi connectivity index (χ1n) is 7.22. The van der Waals surface area contributed by atoms with Crippen LogP contribution in [0.25, 0.3) is 0 Å². The van der Waals surface area contributed by atoms with Crippen molar-refractivity contribution in [1.82, 2.24) is 9.78 Å². The third kappa shape index (κ3) is 3.58. The second-order valence-corrected chi connectivity index (χ2v) is 8.26. The lowest BCUT2D eigenvalue weighted by Crippen LogP contribution is -2.08. The maximum atomic E-state index is 10.5. The number of aliphatic hydroxyl groups excluding tert-OH is 1. The van der Waals surface area contributed by atoms with Crippen LogP contribution in [-0.2, 0) is 25.3 Å². The Kier molecular flexibility index (Phi) is 4.96. The van der Waals surface area contributed by atoms with Gasteiger partial charge < -0.3 is 5.11 Å². The number of thiophene rings is 1. The summed E-state index contributed by atoms with van der Waals surface area (Å²) in [7, 11) is 1.93. The van der Waals surface area contributed by atoms with Crippen molar-refractivity contribution in [3.63, 3.8) is 0 Å². The van der Waals surface area contributed by atoms with Gasteiger partial charge in [0.05, 0.1) is 22.0 Å². The summed E-state index contributed by atoms with van der Waals surface area (Å²) in [5, 5.41) is 15.0. The zero-order valence-electron chi connectivity index (χ0n) is 13.3. The van der Waals surface area contributed by atoms with Crippen LogP contribution in [0.5, 0.6) is 0 Å². The second-order valence-electron chi connectivity index (χ2n) is 6.36. The van der Waals surface area contributed by atoms with Crippen molar-refractivity contribution >= 4 is 27.3 Å². The smallest absolute Gasteiger partial charge is 0.0937 e. The fourth-order valence-electron chi connectivity index (χ4n) is 2.26. The van der Waals surface area contributed by atoms with Gasteiger partial charge in [-0.05, 0) is 39.9 Å². The first-order valence-corrected chi connectivity index (χ1v) is 8.83. The fourth-order valence-corrected chi connectivity index (χ4v) is 4.09. The topological polar surface area (TPSA) is 38.0 Å². The van der Waals surface area contributed by atoms with E-state index in [4.69, 9.17) is 0 Å². The van der Waals surface area contributed by atoms with E-state index in [0.29, 0.717) is 6.42 Å². The van der Waals surface area contributed by atoms with Gasteiger partial charge in [0, 0.05) is 23.2 Å². The van der Waals surface area contributed by atoms with Crippen molar-refractivity contribution in [1.29, 1.82) is 0 Å². The minimum absolute atomic E-state index is 0.130. The molecule has 0 aliphatic rings. The molecule has 0 saturated heterocycles. The summed E-state index contributed by atoms with van der Waals surface area (Å²) in [5.74, 6) is 0. The number of aromatic nitrogens is 2. The number of hydrogen-bond donors (Lipinski definition) is 1. The summed E-state index contributed by atoms with van der Waals surface area (Å²) in [6, 6.07) is 4.17. The van der Waals surface area contributed by atoms with Gasteiger partial charge in [0.2, 0.25) is 0 Å². The van der Waals surface area contributed by atoms with Crippen molar-refractivity contribution in [2.45, 2.75) is 52.1 Å². The monoisotopic (exact) mass is 370 g/mol. The molecule has 0 radical (unpaired) electrons. The lowest BCUT2D eigenvalue weighted by molar-refractivity contribution is 0.179. The Morgan fingerprint density at radius 3 is 2.52 bits per heavy atom. The molecule has 0 aromatic carbocycles. The van der Waals surface area contributed by atoms with Gasteiger partial charge in [-0.15, -0.1) is 11.3 Å². The Balaban J connectivity index is 2.20. The molecule has 1 atom stereocenters. The SMILES string of the molecule is CCc1nn(C)c(CC(O)c2ccc(C(C)(C)C)s2)c1Br. The Morgan fingerprint density at radius 2 is 2.05 bits per heavy atom. The lowest BCUT2D eigenvalue weighted by Gasteiger charge is -2.15. The zero-order valence-corrected chi connectivity index (χ0v) is 15.7. The van der Waals surface area contributed by atoms with Crippen LogP contribution in [0.3, 0.4) is 0 Å². The maximum absolute atomic E-state index is 10.5. The number of nitrogens with zero attached hydrogens (tertiary/aromatic N) is 2. The quantitative estimate of drug-likeness (QED) is 0.866. The van der Waals surface area contributed by atoms with Crippen molar-refractivity contribution in [2.75, 3.05) is 0 Å². The molecule has 0 aliphatic carbocycles. The molecule has 2 aromatic rings. The molecule has 0 bridgehead atoms. The number of halogens is 1. The molecule has 1 N–H and O–H groups in total. The number of aryl methyl sites for hydroxylation is 2. The summed E-state index contributed by atoms with van der Waals surface area (Å²) >= 11 is 5.31. The first-order chi connectivity index (χ1) is 9.74. The van der Waals surface area contributed by atoms with Crippen LogP contribution in [-0.4, -0.2) is 14.9 Å². The van der Waals surface area contributed by atoms with E-state index in [2.05, 4.69) is 54.8 Å². The molecule has 2 rings (SSSR count). The maximum Gasteiger partial charge on any atom is 0.0937 e.